The van der Waals surface area contributed by atoms with Crippen molar-refractivity contribution < 1.29 is 36.3 Å². The number of methoxy groups -OCH3 is 3. The van der Waals surface area contributed by atoms with Gasteiger partial charge in [0.1, 0.15) is 0 Å². The smallest absolute Gasteiger partial charge is 0.203 e. The van der Waals surface area contributed by atoms with E-state index in [2.05, 4.69) is 11.0 Å². The van der Waals surface area contributed by atoms with Gasteiger partial charge in [-0.2, -0.15) is 0 Å². The lowest BCUT2D eigenvalue weighted by Crippen LogP contribution is -3.15. The van der Waals surface area contributed by atoms with Gasteiger partial charge in [-0.15, -0.1) is 0 Å². The van der Waals surface area contributed by atoms with E-state index in [0.29, 0.717) is 29.2 Å². The SMILES string of the molecule is COc1cc2cc(C(=O)CC[NH+]3CCN(c4ccccc4Cl)CC3)ccc2c(OC)c1OC.[Cl-]. The van der Waals surface area contributed by atoms with Crippen molar-refractivity contribution in [2.24, 2.45) is 0 Å². The Morgan fingerprint density at radius 1 is 0.971 bits per heavy atom. The number of rotatable bonds is 8. The molecule has 0 saturated carbocycles. The van der Waals surface area contributed by atoms with Gasteiger partial charge in [-0.25, -0.2) is 0 Å². The fraction of sp³-hybridized carbons (Fsp3) is 0.346. The maximum Gasteiger partial charge on any atom is 0.203 e. The summed E-state index contributed by atoms with van der Waals surface area (Å²) in [5.41, 5.74) is 1.79. The van der Waals surface area contributed by atoms with Crippen LogP contribution in [0.5, 0.6) is 17.2 Å². The number of carbonyl (C=O) groups is 1. The number of nitrogens with one attached hydrogen (secondary N) is 1. The zero-order valence-corrected chi connectivity index (χ0v) is 21.2. The van der Waals surface area contributed by atoms with Gasteiger partial charge in [0.05, 0.1) is 71.2 Å². The molecule has 0 amide bonds. The van der Waals surface area contributed by atoms with Crippen LogP contribution < -0.4 is 36.4 Å². The number of piperazine rings is 1. The molecule has 1 fully saturated rings. The topological polar surface area (TPSA) is 52.4 Å². The second-order valence-corrected chi connectivity index (χ2v) is 8.60. The predicted molar refractivity (Wildman–Crippen MR) is 132 cm³/mol. The van der Waals surface area contributed by atoms with Gasteiger partial charge in [-0.3, -0.25) is 4.79 Å². The van der Waals surface area contributed by atoms with Crippen LogP contribution in [0.15, 0.2) is 48.5 Å². The number of benzene rings is 3. The molecule has 1 heterocycles. The third-order valence-corrected chi connectivity index (χ3v) is 6.65. The van der Waals surface area contributed by atoms with E-state index in [1.54, 1.807) is 21.3 Å². The van der Waals surface area contributed by atoms with E-state index < -0.39 is 0 Å². The van der Waals surface area contributed by atoms with Crippen LogP contribution in [-0.4, -0.2) is 59.8 Å². The molecule has 0 bridgehead atoms. The number of ketones is 1. The minimum Gasteiger partial charge on any atom is -1.00 e. The highest BCUT2D eigenvalue weighted by atomic mass is 35.5. The van der Waals surface area contributed by atoms with E-state index in [4.69, 9.17) is 25.8 Å². The molecule has 0 aliphatic carbocycles. The summed E-state index contributed by atoms with van der Waals surface area (Å²) < 4.78 is 16.5. The van der Waals surface area contributed by atoms with Crippen molar-refractivity contribution in [1.82, 2.24) is 0 Å². The van der Waals surface area contributed by atoms with Gasteiger partial charge in [0.2, 0.25) is 5.75 Å². The number of anilines is 1. The zero-order chi connectivity index (χ0) is 23.4. The van der Waals surface area contributed by atoms with Crippen LogP contribution in [0.1, 0.15) is 16.8 Å². The van der Waals surface area contributed by atoms with E-state index in [0.717, 1.165) is 54.2 Å². The Kier molecular flexibility index (Phi) is 8.89. The number of quaternary nitrogens is 1. The summed E-state index contributed by atoms with van der Waals surface area (Å²) in [5.74, 6) is 1.87. The second-order valence-electron chi connectivity index (χ2n) is 8.19. The monoisotopic (exact) mass is 504 g/mol. The first-order valence-corrected chi connectivity index (χ1v) is 11.5. The largest absolute Gasteiger partial charge is 1.00 e. The number of Topliss-reactive ketones (excluding diaryl/α,β-unsaturated/α-hetero) is 1. The first-order valence-electron chi connectivity index (χ1n) is 11.1. The van der Waals surface area contributed by atoms with Gasteiger partial charge in [-0.05, 0) is 35.7 Å². The highest BCUT2D eigenvalue weighted by molar-refractivity contribution is 6.33. The van der Waals surface area contributed by atoms with Crippen LogP contribution in [-0.2, 0) is 0 Å². The van der Waals surface area contributed by atoms with Crippen molar-refractivity contribution >= 4 is 33.8 Å². The van der Waals surface area contributed by atoms with E-state index in [1.807, 2.05) is 42.5 Å². The molecule has 1 aliphatic heterocycles. The molecule has 182 valence electrons. The average molecular weight is 505 g/mol. The van der Waals surface area contributed by atoms with E-state index in [-0.39, 0.29) is 18.2 Å². The Labute approximate surface area is 211 Å². The number of carbonyl (C=O) groups excluding carboxylic acids is 1. The lowest BCUT2D eigenvalue weighted by Gasteiger charge is -2.34. The number of fused-ring (bicyclic) bond motifs is 1. The highest BCUT2D eigenvalue weighted by Crippen LogP contribution is 2.43. The Morgan fingerprint density at radius 3 is 2.32 bits per heavy atom. The van der Waals surface area contributed by atoms with Crippen LogP contribution in [0, 0.1) is 0 Å². The molecule has 0 spiro atoms. The normalized spacial score (nSPS) is 13.9. The number of hydrogen-bond donors (Lipinski definition) is 1. The third kappa shape index (κ3) is 5.35. The van der Waals surface area contributed by atoms with Gasteiger partial charge in [0, 0.05) is 10.9 Å². The molecule has 4 rings (SSSR count). The standard InChI is InChI=1S/C26H29ClN2O4.ClH/c1-31-24-17-19-16-18(8-9-20(19)25(32-2)26(24)33-3)23(30)10-11-28-12-14-29(15-13-28)22-7-5-4-6-21(22)27;/h4-9,16-17H,10-15H2,1-3H3;1H. The number of hydrogen-bond acceptors (Lipinski definition) is 5. The molecule has 0 unspecified atom stereocenters. The Morgan fingerprint density at radius 2 is 1.68 bits per heavy atom. The maximum atomic E-state index is 13.0. The molecule has 8 heteroatoms. The first kappa shape index (κ1) is 25.9. The van der Waals surface area contributed by atoms with Crippen LogP contribution >= 0.6 is 11.6 Å². The minimum absolute atomic E-state index is 0. The average Bonchev–Trinajstić information content (AvgIpc) is 2.86. The van der Waals surface area contributed by atoms with E-state index >= 15 is 0 Å². The van der Waals surface area contributed by atoms with Crippen LogP contribution in [0.4, 0.5) is 5.69 Å². The Balaban J connectivity index is 0.00000324. The summed E-state index contributed by atoms with van der Waals surface area (Å²) in [6.07, 6.45) is 0.511. The minimum atomic E-state index is 0. The molecule has 0 aromatic heterocycles. The van der Waals surface area contributed by atoms with Crippen molar-refractivity contribution in [3.05, 3.63) is 59.1 Å². The zero-order valence-electron chi connectivity index (χ0n) is 19.7. The van der Waals surface area contributed by atoms with Crippen molar-refractivity contribution in [2.75, 3.05) is 59.0 Å². The fourth-order valence-corrected chi connectivity index (χ4v) is 4.76. The van der Waals surface area contributed by atoms with E-state index in [9.17, 15) is 4.79 Å². The number of halogens is 2. The molecule has 3 aromatic rings. The quantitative estimate of drug-likeness (QED) is 0.452. The molecule has 3 aromatic carbocycles. The van der Waals surface area contributed by atoms with Gasteiger partial charge in [0.25, 0.3) is 0 Å². The molecular weight excluding hydrogens is 475 g/mol. The molecule has 1 N–H and O–H groups in total. The summed E-state index contributed by atoms with van der Waals surface area (Å²) in [6, 6.07) is 15.5. The van der Waals surface area contributed by atoms with Crippen molar-refractivity contribution in [3.63, 3.8) is 0 Å². The van der Waals surface area contributed by atoms with Gasteiger partial charge < -0.3 is 36.4 Å². The van der Waals surface area contributed by atoms with Gasteiger partial charge in [0.15, 0.2) is 17.3 Å². The molecule has 6 nitrogen and oxygen atoms in total. The molecular formula is C26H30Cl2N2O4. The molecule has 1 saturated heterocycles. The Bertz CT molecular complexity index is 1150. The molecule has 34 heavy (non-hydrogen) atoms. The van der Waals surface area contributed by atoms with Gasteiger partial charge in [-0.1, -0.05) is 29.8 Å². The number of nitrogens with zero attached hydrogens (tertiary/aromatic N) is 1. The van der Waals surface area contributed by atoms with Crippen molar-refractivity contribution in [3.8, 4) is 17.2 Å². The second kappa shape index (κ2) is 11.6. The summed E-state index contributed by atoms with van der Waals surface area (Å²) >= 11 is 6.35. The predicted octanol–water partition coefficient (Wildman–Crippen LogP) is 0.501. The fourth-order valence-electron chi connectivity index (χ4n) is 4.51. The van der Waals surface area contributed by atoms with Crippen molar-refractivity contribution in [1.29, 1.82) is 0 Å². The van der Waals surface area contributed by atoms with Gasteiger partial charge >= 0.3 is 0 Å². The summed E-state index contributed by atoms with van der Waals surface area (Å²) in [7, 11) is 4.77. The summed E-state index contributed by atoms with van der Waals surface area (Å²) in [4.78, 5) is 16.7. The molecule has 0 radical (unpaired) electrons. The first-order chi connectivity index (χ1) is 16.0. The third-order valence-electron chi connectivity index (χ3n) is 6.33. The van der Waals surface area contributed by atoms with Crippen LogP contribution in [0.2, 0.25) is 5.02 Å². The van der Waals surface area contributed by atoms with Crippen LogP contribution in [0.25, 0.3) is 10.8 Å². The highest BCUT2D eigenvalue weighted by Gasteiger charge is 2.23. The molecule has 1 aliphatic rings. The lowest BCUT2D eigenvalue weighted by molar-refractivity contribution is -0.899. The van der Waals surface area contributed by atoms with E-state index in [1.165, 1.54) is 4.90 Å². The van der Waals surface area contributed by atoms with Crippen molar-refractivity contribution in [2.45, 2.75) is 6.42 Å². The molecule has 0 atom stereocenters. The van der Waals surface area contributed by atoms with Crippen LogP contribution in [0.3, 0.4) is 0 Å². The Hall–Kier alpha value is -2.67. The summed E-state index contributed by atoms with van der Waals surface area (Å²) in [5, 5.41) is 2.56. The number of ether oxygens (including phenoxy) is 3. The number of para-hydroxylation sites is 1. The lowest BCUT2D eigenvalue weighted by atomic mass is 10.0. The summed E-state index contributed by atoms with van der Waals surface area (Å²) in [6.45, 7) is 4.67. The maximum absolute atomic E-state index is 13.0.